The quantitative estimate of drug-likeness (QED) is 0.410. The van der Waals surface area contributed by atoms with E-state index in [0.29, 0.717) is 12.8 Å². The zero-order valence-corrected chi connectivity index (χ0v) is 25.5. The smallest absolute Gasteiger partial charge is 0.226 e. The van der Waals surface area contributed by atoms with E-state index in [0.717, 1.165) is 63.0 Å². The number of carbonyl (C=O) groups excluding carboxylic acids is 2. The fraction of sp³-hybridized carbons (Fsp3) is 0.600. The lowest BCUT2D eigenvalue weighted by Gasteiger charge is -2.27. The third-order valence-corrected chi connectivity index (χ3v) is 7.96. The molecule has 2 aromatic rings. The number of benzene rings is 2. The minimum atomic E-state index is 0.141. The van der Waals surface area contributed by atoms with E-state index in [1.165, 1.54) is 30.4 Å². The summed E-state index contributed by atoms with van der Waals surface area (Å²) < 4.78 is 0. The lowest BCUT2D eigenvalue weighted by molar-refractivity contribution is -0.131. The van der Waals surface area contributed by atoms with Crippen molar-refractivity contribution in [3.8, 4) is 0 Å². The molecule has 2 aliphatic rings. The van der Waals surface area contributed by atoms with Crippen LogP contribution in [0.3, 0.4) is 0 Å². The van der Waals surface area contributed by atoms with Crippen LogP contribution >= 0.6 is 0 Å². The standard InChI is InChI=1S/C18H27NO.C17H25NO/c1-18(2,3)16-10-8-9-15(13-16)14-17(20)19-11-6-4-5-7-12-19;1-17(2,3)15-9-7-8-14(12-15)13-16(19)18-10-5-4-6-11-18/h8-10,13H,4-7,11-12,14H2,1-3H3;7-9,12H,4-6,10-11,13H2,1-3H3. The molecule has 4 heteroatoms. The molecule has 0 N–H and O–H groups in total. The van der Waals surface area contributed by atoms with Crippen LogP contribution in [-0.4, -0.2) is 47.8 Å². The van der Waals surface area contributed by atoms with Crippen LogP contribution in [-0.2, 0) is 33.3 Å². The van der Waals surface area contributed by atoms with Crippen LogP contribution in [0.4, 0.5) is 0 Å². The number of likely N-dealkylation sites (tertiary alicyclic amines) is 2. The second kappa shape index (κ2) is 14.1. The van der Waals surface area contributed by atoms with Crippen molar-refractivity contribution in [1.29, 1.82) is 0 Å². The molecule has 0 aromatic heterocycles. The van der Waals surface area contributed by atoms with Gasteiger partial charge in [0.2, 0.25) is 11.8 Å². The number of carbonyl (C=O) groups is 2. The van der Waals surface area contributed by atoms with Gasteiger partial charge in [-0.15, -0.1) is 0 Å². The van der Waals surface area contributed by atoms with Crippen LogP contribution in [0.25, 0.3) is 0 Å². The molecule has 0 aliphatic carbocycles. The van der Waals surface area contributed by atoms with Crippen LogP contribution < -0.4 is 0 Å². The van der Waals surface area contributed by atoms with Crippen LogP contribution in [0, 0.1) is 0 Å². The van der Waals surface area contributed by atoms with E-state index in [1.807, 2.05) is 4.90 Å². The van der Waals surface area contributed by atoms with Gasteiger partial charge in [0.15, 0.2) is 0 Å². The Labute approximate surface area is 238 Å². The Hall–Kier alpha value is -2.62. The molecular weight excluding hydrogens is 480 g/mol. The molecule has 4 rings (SSSR count). The minimum Gasteiger partial charge on any atom is -0.342 e. The average molecular weight is 533 g/mol. The second-order valence-corrected chi connectivity index (χ2v) is 13.5. The van der Waals surface area contributed by atoms with Gasteiger partial charge in [0, 0.05) is 26.2 Å². The lowest BCUT2D eigenvalue weighted by atomic mass is 9.86. The van der Waals surface area contributed by atoms with Crippen molar-refractivity contribution in [2.45, 2.75) is 110 Å². The molecular formula is C35H52N2O2. The van der Waals surface area contributed by atoms with Gasteiger partial charge in [0.25, 0.3) is 0 Å². The van der Waals surface area contributed by atoms with Crippen molar-refractivity contribution < 1.29 is 9.59 Å². The maximum Gasteiger partial charge on any atom is 0.226 e. The molecule has 0 atom stereocenters. The molecule has 2 heterocycles. The molecule has 0 radical (unpaired) electrons. The molecule has 214 valence electrons. The Balaban J connectivity index is 0.000000216. The first-order chi connectivity index (χ1) is 18.4. The van der Waals surface area contributed by atoms with Crippen molar-refractivity contribution in [2.24, 2.45) is 0 Å². The summed E-state index contributed by atoms with van der Waals surface area (Å²) in [6.07, 6.45) is 9.53. The third kappa shape index (κ3) is 10.1. The van der Waals surface area contributed by atoms with Crippen LogP contribution in [0.2, 0.25) is 0 Å². The lowest BCUT2D eigenvalue weighted by Crippen LogP contribution is -2.36. The molecule has 0 saturated carbocycles. The number of hydrogen-bond acceptors (Lipinski definition) is 2. The first-order valence-corrected chi connectivity index (χ1v) is 15.2. The summed E-state index contributed by atoms with van der Waals surface area (Å²) in [6.45, 7) is 17.0. The average Bonchev–Trinajstić information content (AvgIpc) is 3.19. The number of rotatable bonds is 4. The maximum absolute atomic E-state index is 12.4. The van der Waals surface area contributed by atoms with E-state index in [-0.39, 0.29) is 22.6 Å². The highest BCUT2D eigenvalue weighted by Gasteiger charge is 2.19. The number of hydrogen-bond donors (Lipinski definition) is 0. The van der Waals surface area contributed by atoms with Crippen molar-refractivity contribution in [2.75, 3.05) is 26.2 Å². The molecule has 4 nitrogen and oxygen atoms in total. The third-order valence-electron chi connectivity index (χ3n) is 7.96. The Morgan fingerprint density at radius 1 is 0.564 bits per heavy atom. The molecule has 0 spiro atoms. The van der Waals surface area contributed by atoms with E-state index in [1.54, 1.807) is 0 Å². The Kier molecular flexibility index (Phi) is 11.2. The van der Waals surface area contributed by atoms with Gasteiger partial charge in [-0.2, -0.15) is 0 Å². The van der Waals surface area contributed by atoms with Crippen LogP contribution in [0.1, 0.15) is 109 Å². The molecule has 2 fully saturated rings. The normalized spacial score (nSPS) is 16.7. The highest BCUT2D eigenvalue weighted by atomic mass is 16.2. The van der Waals surface area contributed by atoms with E-state index in [9.17, 15) is 9.59 Å². The predicted molar refractivity (Wildman–Crippen MR) is 163 cm³/mol. The number of nitrogens with zero attached hydrogens (tertiary/aromatic N) is 2. The summed E-state index contributed by atoms with van der Waals surface area (Å²) >= 11 is 0. The largest absolute Gasteiger partial charge is 0.342 e. The van der Waals surface area contributed by atoms with Gasteiger partial charge in [0.05, 0.1) is 12.8 Å². The fourth-order valence-electron chi connectivity index (χ4n) is 5.33. The van der Waals surface area contributed by atoms with Gasteiger partial charge in [-0.05, 0) is 65.2 Å². The molecule has 2 aromatic carbocycles. The van der Waals surface area contributed by atoms with Crippen molar-refractivity contribution >= 4 is 11.8 Å². The van der Waals surface area contributed by atoms with E-state index >= 15 is 0 Å². The molecule has 0 bridgehead atoms. The highest BCUT2D eigenvalue weighted by molar-refractivity contribution is 5.79. The summed E-state index contributed by atoms with van der Waals surface area (Å²) in [4.78, 5) is 28.7. The molecule has 0 unspecified atom stereocenters. The minimum absolute atomic E-state index is 0.141. The summed E-state index contributed by atoms with van der Waals surface area (Å²) in [5.41, 5.74) is 5.18. The number of piperidine rings is 1. The SMILES string of the molecule is CC(C)(C)c1cccc(CC(=O)N2CCCCC2)c1.CC(C)(C)c1cccc(CC(=O)N2CCCCCC2)c1. The first-order valence-electron chi connectivity index (χ1n) is 15.2. The van der Waals surface area contributed by atoms with Gasteiger partial charge < -0.3 is 9.80 Å². The second-order valence-electron chi connectivity index (χ2n) is 13.5. The summed E-state index contributed by atoms with van der Waals surface area (Å²) in [5, 5.41) is 0. The zero-order chi connectivity index (χ0) is 28.5. The van der Waals surface area contributed by atoms with Crippen molar-refractivity contribution in [1.82, 2.24) is 9.80 Å². The highest BCUT2D eigenvalue weighted by Crippen LogP contribution is 2.24. The van der Waals surface area contributed by atoms with Crippen LogP contribution in [0.15, 0.2) is 48.5 Å². The Morgan fingerprint density at radius 2 is 0.897 bits per heavy atom. The van der Waals surface area contributed by atoms with Crippen molar-refractivity contribution in [3.05, 3.63) is 70.8 Å². The first kappa shape index (κ1) is 30.9. The van der Waals surface area contributed by atoms with E-state index < -0.39 is 0 Å². The van der Waals surface area contributed by atoms with Crippen molar-refractivity contribution in [3.63, 3.8) is 0 Å². The maximum atomic E-state index is 12.4. The number of amides is 2. The van der Waals surface area contributed by atoms with Crippen LogP contribution in [0.5, 0.6) is 0 Å². The summed E-state index contributed by atoms with van der Waals surface area (Å²) in [7, 11) is 0. The summed E-state index contributed by atoms with van der Waals surface area (Å²) in [6, 6.07) is 17.0. The fourth-order valence-corrected chi connectivity index (χ4v) is 5.33. The zero-order valence-electron chi connectivity index (χ0n) is 25.5. The summed E-state index contributed by atoms with van der Waals surface area (Å²) in [5.74, 6) is 0.573. The molecule has 2 amide bonds. The Bertz CT molecular complexity index is 1060. The molecule has 2 aliphatic heterocycles. The van der Waals surface area contributed by atoms with Gasteiger partial charge in [0.1, 0.15) is 0 Å². The topological polar surface area (TPSA) is 40.6 Å². The Morgan fingerprint density at radius 3 is 1.23 bits per heavy atom. The van der Waals surface area contributed by atoms with E-state index in [4.69, 9.17) is 0 Å². The van der Waals surface area contributed by atoms with Gasteiger partial charge in [-0.25, -0.2) is 0 Å². The van der Waals surface area contributed by atoms with E-state index in [2.05, 4.69) is 95.0 Å². The molecule has 39 heavy (non-hydrogen) atoms. The monoisotopic (exact) mass is 532 g/mol. The molecule has 2 saturated heterocycles. The predicted octanol–water partition coefficient (Wildman–Crippen LogP) is 7.47. The van der Waals surface area contributed by atoms with Gasteiger partial charge in [-0.3, -0.25) is 9.59 Å². The van der Waals surface area contributed by atoms with Gasteiger partial charge in [-0.1, -0.05) is 103 Å². The van der Waals surface area contributed by atoms with Gasteiger partial charge >= 0.3 is 0 Å².